The first-order valence-corrected chi connectivity index (χ1v) is 9.36. The van der Waals surface area contributed by atoms with Crippen molar-refractivity contribution in [2.24, 2.45) is 0 Å². The summed E-state index contributed by atoms with van der Waals surface area (Å²) in [5.41, 5.74) is 0.967. The fourth-order valence-corrected chi connectivity index (χ4v) is 3.96. The zero-order valence-electron chi connectivity index (χ0n) is 14.3. The first-order chi connectivity index (χ1) is 11.8. The number of rotatable bonds is 3. The Balaban J connectivity index is 1.38. The number of hydrogen-bond acceptors (Lipinski definition) is 5. The first kappa shape index (κ1) is 16.1. The second-order valence-electron chi connectivity index (χ2n) is 7.21. The summed E-state index contributed by atoms with van der Waals surface area (Å²) in [5, 5.41) is 0. The van der Waals surface area contributed by atoms with Crippen molar-refractivity contribution in [2.45, 2.75) is 51.0 Å². The van der Waals surface area contributed by atoms with Crippen molar-refractivity contribution < 1.29 is 13.9 Å². The molecule has 1 aromatic rings. The molecule has 6 nitrogen and oxygen atoms in total. The lowest BCUT2D eigenvalue weighted by Gasteiger charge is -2.30. The van der Waals surface area contributed by atoms with E-state index in [1.807, 2.05) is 4.90 Å². The normalized spacial score (nSPS) is 23.2. The van der Waals surface area contributed by atoms with E-state index < -0.39 is 0 Å². The summed E-state index contributed by atoms with van der Waals surface area (Å²) in [6.07, 6.45) is 6.49. The SMILES string of the molecule is O=C(CN1CCCCC1)N1CCc2oc(C3CCOCC3)nc2C1. The molecule has 0 N–H and O–H groups in total. The standard InChI is InChI=1S/C18H27N3O3/c22-17(13-20-7-2-1-3-8-20)21-9-4-16-15(12-21)19-18(24-16)14-5-10-23-11-6-14/h14H,1-13H2. The van der Waals surface area contributed by atoms with Crippen molar-refractivity contribution in [3.63, 3.8) is 0 Å². The average molecular weight is 333 g/mol. The topological polar surface area (TPSA) is 58.8 Å². The van der Waals surface area contributed by atoms with Gasteiger partial charge in [0, 0.05) is 32.1 Å². The number of carbonyl (C=O) groups is 1. The maximum atomic E-state index is 12.6. The van der Waals surface area contributed by atoms with Crippen LogP contribution in [0.4, 0.5) is 0 Å². The van der Waals surface area contributed by atoms with Crippen molar-refractivity contribution in [3.8, 4) is 0 Å². The molecule has 4 rings (SSSR count). The average Bonchev–Trinajstić information content (AvgIpc) is 3.06. The molecule has 2 saturated heterocycles. The van der Waals surface area contributed by atoms with Gasteiger partial charge in [-0.05, 0) is 38.8 Å². The Hall–Kier alpha value is -1.40. The van der Waals surface area contributed by atoms with Crippen molar-refractivity contribution in [1.29, 1.82) is 0 Å². The molecule has 1 amide bonds. The van der Waals surface area contributed by atoms with Gasteiger partial charge in [-0.25, -0.2) is 4.98 Å². The summed E-state index contributed by atoms with van der Waals surface area (Å²) in [7, 11) is 0. The Morgan fingerprint density at radius 1 is 1.12 bits per heavy atom. The van der Waals surface area contributed by atoms with Crippen LogP contribution < -0.4 is 0 Å². The van der Waals surface area contributed by atoms with Gasteiger partial charge in [0.15, 0.2) is 5.89 Å². The number of hydrogen-bond donors (Lipinski definition) is 0. The highest BCUT2D eigenvalue weighted by Gasteiger charge is 2.29. The summed E-state index contributed by atoms with van der Waals surface area (Å²) < 4.78 is 11.4. The van der Waals surface area contributed by atoms with Crippen LogP contribution in [-0.2, 0) is 22.5 Å². The molecule has 0 aliphatic carbocycles. The van der Waals surface area contributed by atoms with Crippen LogP contribution in [-0.4, -0.2) is 60.1 Å². The van der Waals surface area contributed by atoms with Gasteiger partial charge < -0.3 is 14.1 Å². The molecule has 3 aliphatic rings. The van der Waals surface area contributed by atoms with E-state index >= 15 is 0 Å². The van der Waals surface area contributed by atoms with E-state index in [0.717, 1.165) is 69.5 Å². The van der Waals surface area contributed by atoms with E-state index in [4.69, 9.17) is 14.1 Å². The number of amides is 1. The Bertz CT molecular complexity index is 574. The quantitative estimate of drug-likeness (QED) is 0.846. The van der Waals surface area contributed by atoms with Gasteiger partial charge in [0.05, 0.1) is 13.1 Å². The number of carbonyl (C=O) groups excluding carboxylic acids is 1. The van der Waals surface area contributed by atoms with Crippen molar-refractivity contribution in [2.75, 3.05) is 39.4 Å². The molecule has 0 aromatic carbocycles. The van der Waals surface area contributed by atoms with Gasteiger partial charge in [-0.2, -0.15) is 0 Å². The van der Waals surface area contributed by atoms with Gasteiger partial charge in [0.25, 0.3) is 0 Å². The van der Waals surface area contributed by atoms with Crippen LogP contribution in [0.5, 0.6) is 0 Å². The zero-order chi connectivity index (χ0) is 16.4. The van der Waals surface area contributed by atoms with E-state index in [0.29, 0.717) is 19.0 Å². The van der Waals surface area contributed by atoms with E-state index in [-0.39, 0.29) is 5.91 Å². The number of aromatic nitrogens is 1. The monoisotopic (exact) mass is 333 g/mol. The molecule has 3 aliphatic heterocycles. The van der Waals surface area contributed by atoms with Crippen LogP contribution in [0, 0.1) is 0 Å². The van der Waals surface area contributed by atoms with Crippen molar-refractivity contribution >= 4 is 5.91 Å². The largest absolute Gasteiger partial charge is 0.445 e. The predicted molar refractivity (Wildman–Crippen MR) is 88.7 cm³/mol. The van der Waals surface area contributed by atoms with Gasteiger partial charge >= 0.3 is 0 Å². The van der Waals surface area contributed by atoms with E-state index in [9.17, 15) is 4.79 Å². The minimum absolute atomic E-state index is 0.234. The number of fused-ring (bicyclic) bond motifs is 1. The molecule has 0 spiro atoms. The van der Waals surface area contributed by atoms with Crippen LogP contribution in [0.1, 0.15) is 55.4 Å². The number of likely N-dealkylation sites (tertiary alicyclic amines) is 1. The lowest BCUT2D eigenvalue weighted by molar-refractivity contribution is -0.133. The third kappa shape index (κ3) is 3.49. The molecule has 24 heavy (non-hydrogen) atoms. The van der Waals surface area contributed by atoms with E-state index in [1.165, 1.54) is 19.3 Å². The van der Waals surface area contributed by atoms with Gasteiger partial charge in [-0.15, -0.1) is 0 Å². The summed E-state index contributed by atoms with van der Waals surface area (Å²) in [6, 6.07) is 0. The Kier molecular flexibility index (Phi) is 4.85. The minimum Gasteiger partial charge on any atom is -0.445 e. The maximum absolute atomic E-state index is 12.6. The lowest BCUT2D eigenvalue weighted by Crippen LogP contribution is -2.44. The minimum atomic E-state index is 0.234. The molecule has 4 heterocycles. The van der Waals surface area contributed by atoms with Crippen LogP contribution >= 0.6 is 0 Å². The van der Waals surface area contributed by atoms with Gasteiger partial charge in [0.1, 0.15) is 11.5 Å². The third-order valence-corrected chi connectivity index (χ3v) is 5.47. The molecule has 6 heteroatoms. The lowest BCUT2D eigenvalue weighted by atomic mass is 10.0. The van der Waals surface area contributed by atoms with Gasteiger partial charge in [0.2, 0.25) is 5.91 Å². The maximum Gasteiger partial charge on any atom is 0.237 e. The van der Waals surface area contributed by atoms with E-state index in [2.05, 4.69) is 4.90 Å². The number of oxazole rings is 1. The molecule has 0 unspecified atom stereocenters. The molecule has 0 atom stereocenters. The molecular weight excluding hydrogens is 306 g/mol. The highest BCUT2D eigenvalue weighted by atomic mass is 16.5. The highest BCUT2D eigenvalue weighted by molar-refractivity contribution is 5.78. The third-order valence-electron chi connectivity index (χ3n) is 5.47. The van der Waals surface area contributed by atoms with Crippen molar-refractivity contribution in [3.05, 3.63) is 17.3 Å². The molecule has 1 aromatic heterocycles. The van der Waals surface area contributed by atoms with Crippen LogP contribution in [0.3, 0.4) is 0 Å². The van der Waals surface area contributed by atoms with E-state index in [1.54, 1.807) is 0 Å². The molecule has 0 bridgehead atoms. The Morgan fingerprint density at radius 2 is 1.92 bits per heavy atom. The van der Waals surface area contributed by atoms with Crippen molar-refractivity contribution in [1.82, 2.24) is 14.8 Å². The van der Waals surface area contributed by atoms with Crippen LogP contribution in [0.25, 0.3) is 0 Å². The molecule has 0 saturated carbocycles. The van der Waals surface area contributed by atoms with Gasteiger partial charge in [-0.1, -0.05) is 6.42 Å². The number of nitrogens with zero attached hydrogens (tertiary/aromatic N) is 3. The Labute approximate surface area is 143 Å². The number of piperidine rings is 1. The summed E-state index contributed by atoms with van der Waals surface area (Å²) in [5.74, 6) is 2.45. The fraction of sp³-hybridized carbons (Fsp3) is 0.778. The van der Waals surface area contributed by atoms with Crippen LogP contribution in [0.15, 0.2) is 4.42 Å². The number of ether oxygens (including phenoxy) is 1. The smallest absolute Gasteiger partial charge is 0.237 e. The van der Waals surface area contributed by atoms with Gasteiger partial charge in [-0.3, -0.25) is 9.69 Å². The zero-order valence-corrected chi connectivity index (χ0v) is 14.3. The summed E-state index contributed by atoms with van der Waals surface area (Å²) in [4.78, 5) is 21.6. The highest BCUT2D eigenvalue weighted by Crippen LogP contribution is 2.30. The molecule has 0 radical (unpaired) electrons. The second kappa shape index (κ2) is 7.23. The molecular formula is C18H27N3O3. The Morgan fingerprint density at radius 3 is 2.71 bits per heavy atom. The fourth-order valence-electron chi connectivity index (χ4n) is 3.96. The summed E-state index contributed by atoms with van der Waals surface area (Å²) in [6.45, 7) is 5.61. The molecule has 132 valence electrons. The second-order valence-corrected chi connectivity index (χ2v) is 7.21. The van der Waals surface area contributed by atoms with Crippen LogP contribution in [0.2, 0.25) is 0 Å². The first-order valence-electron chi connectivity index (χ1n) is 9.36. The predicted octanol–water partition coefficient (Wildman–Crippen LogP) is 1.94. The summed E-state index contributed by atoms with van der Waals surface area (Å²) >= 11 is 0. The molecule has 2 fully saturated rings.